The third-order valence-electron chi connectivity index (χ3n) is 2.72. The van der Waals surface area contributed by atoms with Gasteiger partial charge in [0.25, 0.3) is 0 Å². The van der Waals surface area contributed by atoms with Gasteiger partial charge in [-0.2, -0.15) is 5.10 Å². The Kier molecular flexibility index (Phi) is 3.04. The van der Waals surface area contributed by atoms with E-state index in [-0.39, 0.29) is 0 Å². The Labute approximate surface area is 101 Å². The predicted molar refractivity (Wildman–Crippen MR) is 68.2 cm³/mol. The van der Waals surface area contributed by atoms with Crippen molar-refractivity contribution in [1.29, 1.82) is 0 Å². The molecule has 2 N–H and O–H groups in total. The molecule has 0 fully saturated rings. The molecule has 17 heavy (non-hydrogen) atoms. The lowest BCUT2D eigenvalue weighted by atomic mass is 10.1. The molecule has 4 heteroatoms. The fourth-order valence-electron chi connectivity index (χ4n) is 1.90. The maximum atomic E-state index is 5.86. The lowest BCUT2D eigenvalue weighted by Crippen LogP contribution is -2.06. The van der Waals surface area contributed by atoms with Crippen LogP contribution in [0.2, 0.25) is 0 Å². The Morgan fingerprint density at radius 3 is 2.59 bits per heavy atom. The van der Waals surface area contributed by atoms with E-state index in [1.807, 2.05) is 32.0 Å². The van der Waals surface area contributed by atoms with Crippen LogP contribution < -0.4 is 10.5 Å². The summed E-state index contributed by atoms with van der Waals surface area (Å²) in [6.07, 6.45) is 0. The highest BCUT2D eigenvalue weighted by Gasteiger charge is 2.04. The lowest BCUT2D eigenvalue weighted by Gasteiger charge is -2.08. The Hall–Kier alpha value is -1.97. The average molecular weight is 231 g/mol. The molecular weight excluding hydrogens is 214 g/mol. The number of ether oxygens (including phenoxy) is 1. The molecule has 4 nitrogen and oxygen atoms in total. The summed E-state index contributed by atoms with van der Waals surface area (Å²) in [5.74, 6) is 1.59. The van der Waals surface area contributed by atoms with Crippen molar-refractivity contribution < 1.29 is 4.74 Å². The number of rotatable bonds is 3. The Balaban J connectivity index is 2.24. The summed E-state index contributed by atoms with van der Waals surface area (Å²) in [5, 5.41) is 4.34. The van der Waals surface area contributed by atoms with E-state index >= 15 is 0 Å². The first-order valence-electron chi connectivity index (χ1n) is 5.53. The monoisotopic (exact) mass is 231 g/mol. The van der Waals surface area contributed by atoms with E-state index in [2.05, 4.69) is 11.2 Å². The average Bonchev–Trinajstić information content (AvgIpc) is 2.58. The van der Waals surface area contributed by atoms with E-state index in [9.17, 15) is 0 Å². The van der Waals surface area contributed by atoms with Crippen LogP contribution in [-0.2, 0) is 6.54 Å². The number of hydrogen-bond donors (Lipinski definition) is 1. The van der Waals surface area contributed by atoms with Crippen LogP contribution >= 0.6 is 0 Å². The molecule has 0 unspecified atom stereocenters. The first-order chi connectivity index (χ1) is 8.10. The van der Waals surface area contributed by atoms with Gasteiger partial charge in [0.1, 0.15) is 11.6 Å². The largest absolute Gasteiger partial charge is 0.496 e. The molecule has 0 saturated carbocycles. The second-order valence-electron chi connectivity index (χ2n) is 4.17. The smallest absolute Gasteiger partial charge is 0.122 e. The molecule has 1 heterocycles. The fraction of sp³-hybridized carbons (Fsp3) is 0.308. The summed E-state index contributed by atoms with van der Waals surface area (Å²) in [6.45, 7) is 4.65. The van der Waals surface area contributed by atoms with Crippen molar-refractivity contribution in [3.8, 4) is 5.75 Å². The summed E-state index contributed by atoms with van der Waals surface area (Å²) in [7, 11) is 1.68. The van der Waals surface area contributed by atoms with Crippen molar-refractivity contribution in [1.82, 2.24) is 9.78 Å². The number of anilines is 1. The number of nitrogens with zero attached hydrogens (tertiary/aromatic N) is 2. The zero-order valence-electron chi connectivity index (χ0n) is 10.4. The molecule has 0 amide bonds. The first-order valence-corrected chi connectivity index (χ1v) is 5.53. The van der Waals surface area contributed by atoms with Gasteiger partial charge in [0, 0.05) is 6.07 Å². The molecule has 0 atom stereocenters. The maximum Gasteiger partial charge on any atom is 0.122 e. The zero-order chi connectivity index (χ0) is 12.4. The van der Waals surface area contributed by atoms with Crippen molar-refractivity contribution in [2.24, 2.45) is 0 Å². The third-order valence-corrected chi connectivity index (χ3v) is 2.72. The standard InChI is InChI=1S/C13H17N3O/c1-9-6-11(4-5-12(9)17-3)8-16-13(14)7-10(2)15-16/h4-7H,8,14H2,1-3H3. The first kappa shape index (κ1) is 11.5. The number of benzene rings is 1. The Morgan fingerprint density at radius 1 is 1.29 bits per heavy atom. The maximum absolute atomic E-state index is 5.86. The van der Waals surface area contributed by atoms with Gasteiger partial charge in [0.2, 0.25) is 0 Å². The van der Waals surface area contributed by atoms with Crippen LogP contribution in [-0.4, -0.2) is 16.9 Å². The summed E-state index contributed by atoms with van der Waals surface area (Å²) < 4.78 is 7.03. The molecule has 0 aliphatic heterocycles. The van der Waals surface area contributed by atoms with Crippen molar-refractivity contribution >= 4 is 5.82 Å². The van der Waals surface area contributed by atoms with E-state index in [1.165, 1.54) is 0 Å². The molecule has 0 aliphatic carbocycles. The molecule has 1 aromatic heterocycles. The van der Waals surface area contributed by atoms with Gasteiger partial charge in [-0.1, -0.05) is 12.1 Å². The molecular formula is C13H17N3O. The number of aryl methyl sites for hydroxylation is 2. The number of hydrogen-bond acceptors (Lipinski definition) is 3. The molecule has 0 bridgehead atoms. The second-order valence-corrected chi connectivity index (χ2v) is 4.17. The van der Waals surface area contributed by atoms with Gasteiger partial charge in [0.15, 0.2) is 0 Å². The molecule has 2 rings (SSSR count). The predicted octanol–water partition coefficient (Wildman–Crippen LogP) is 2.14. The van der Waals surface area contributed by atoms with Crippen molar-refractivity contribution in [3.63, 3.8) is 0 Å². The van der Waals surface area contributed by atoms with E-state index in [0.717, 1.165) is 22.6 Å². The second kappa shape index (κ2) is 4.49. The van der Waals surface area contributed by atoms with Gasteiger partial charge < -0.3 is 10.5 Å². The molecule has 0 aliphatic rings. The normalized spacial score (nSPS) is 10.5. The number of nitrogen functional groups attached to an aromatic ring is 1. The van der Waals surface area contributed by atoms with Crippen molar-refractivity contribution in [2.45, 2.75) is 20.4 Å². The summed E-state index contributed by atoms with van der Waals surface area (Å²) in [6, 6.07) is 7.96. The minimum Gasteiger partial charge on any atom is -0.496 e. The highest BCUT2D eigenvalue weighted by atomic mass is 16.5. The highest BCUT2D eigenvalue weighted by molar-refractivity contribution is 5.37. The number of nitrogens with two attached hydrogens (primary N) is 1. The van der Waals surface area contributed by atoms with Crippen molar-refractivity contribution in [3.05, 3.63) is 41.1 Å². The summed E-state index contributed by atoms with van der Waals surface area (Å²) in [4.78, 5) is 0. The topological polar surface area (TPSA) is 53.1 Å². The van der Waals surface area contributed by atoms with Gasteiger partial charge in [-0.15, -0.1) is 0 Å². The van der Waals surface area contributed by atoms with Crippen LogP contribution in [0, 0.1) is 13.8 Å². The Morgan fingerprint density at radius 2 is 2.06 bits per heavy atom. The third kappa shape index (κ3) is 2.41. The molecule has 0 spiro atoms. The highest BCUT2D eigenvalue weighted by Crippen LogP contribution is 2.19. The molecule has 0 saturated heterocycles. The van der Waals surface area contributed by atoms with Gasteiger partial charge >= 0.3 is 0 Å². The molecule has 1 aromatic carbocycles. The number of aromatic nitrogens is 2. The van der Waals surface area contributed by atoms with E-state index in [4.69, 9.17) is 10.5 Å². The van der Waals surface area contributed by atoms with Crippen LogP contribution in [0.4, 0.5) is 5.82 Å². The lowest BCUT2D eigenvalue weighted by molar-refractivity contribution is 0.411. The minimum absolute atomic E-state index is 0.685. The quantitative estimate of drug-likeness (QED) is 0.880. The summed E-state index contributed by atoms with van der Waals surface area (Å²) in [5.41, 5.74) is 9.08. The molecule has 90 valence electrons. The van der Waals surface area contributed by atoms with Crippen LogP contribution in [0.3, 0.4) is 0 Å². The van der Waals surface area contributed by atoms with Crippen LogP contribution in [0.25, 0.3) is 0 Å². The zero-order valence-corrected chi connectivity index (χ0v) is 10.4. The summed E-state index contributed by atoms with van der Waals surface area (Å²) >= 11 is 0. The fourth-order valence-corrected chi connectivity index (χ4v) is 1.90. The molecule has 2 aromatic rings. The SMILES string of the molecule is COc1ccc(Cn2nc(C)cc2N)cc1C. The molecule has 0 radical (unpaired) electrons. The van der Waals surface area contributed by atoms with Crippen LogP contribution in [0.5, 0.6) is 5.75 Å². The van der Waals surface area contributed by atoms with Crippen molar-refractivity contribution in [2.75, 3.05) is 12.8 Å². The van der Waals surface area contributed by atoms with E-state index in [0.29, 0.717) is 12.4 Å². The minimum atomic E-state index is 0.685. The van der Waals surface area contributed by atoms with Crippen LogP contribution in [0.1, 0.15) is 16.8 Å². The number of methoxy groups -OCH3 is 1. The van der Waals surface area contributed by atoms with Gasteiger partial charge in [-0.3, -0.25) is 0 Å². The Bertz CT molecular complexity index is 531. The van der Waals surface area contributed by atoms with E-state index < -0.39 is 0 Å². The van der Waals surface area contributed by atoms with Crippen LogP contribution in [0.15, 0.2) is 24.3 Å². The van der Waals surface area contributed by atoms with Gasteiger partial charge in [-0.25, -0.2) is 4.68 Å². The van der Waals surface area contributed by atoms with Gasteiger partial charge in [0.05, 0.1) is 19.3 Å². The van der Waals surface area contributed by atoms with E-state index in [1.54, 1.807) is 11.8 Å². The van der Waals surface area contributed by atoms with Gasteiger partial charge in [-0.05, 0) is 31.0 Å².